The summed E-state index contributed by atoms with van der Waals surface area (Å²) in [6.45, 7) is 4.72. The normalized spacial score (nSPS) is 12.1. The summed E-state index contributed by atoms with van der Waals surface area (Å²) in [4.78, 5) is 4.09. The van der Waals surface area contributed by atoms with E-state index in [0.29, 0.717) is 19.0 Å². The van der Waals surface area contributed by atoms with Crippen LogP contribution in [0.3, 0.4) is 0 Å². The van der Waals surface area contributed by atoms with Crippen LogP contribution in [-0.2, 0) is 16.3 Å². The third kappa shape index (κ3) is 6.90. The lowest BCUT2D eigenvalue weighted by molar-refractivity contribution is 0.411. The van der Waals surface area contributed by atoms with E-state index in [-0.39, 0.29) is 11.5 Å². The molecule has 0 aliphatic heterocycles. The number of hydrogen-bond donors (Lipinski definition) is 2. The molecular weight excluding hydrogens is 314 g/mol. The predicted molar refractivity (Wildman–Crippen MR) is 95.1 cm³/mol. The predicted octanol–water partition coefficient (Wildman–Crippen LogP) is 1.15. The highest BCUT2D eigenvalue weighted by Crippen LogP contribution is 2.18. The molecule has 0 unspecified atom stereocenters. The van der Waals surface area contributed by atoms with Gasteiger partial charge in [0.1, 0.15) is 5.75 Å². The molecule has 0 amide bonds. The number of benzene rings is 1. The van der Waals surface area contributed by atoms with E-state index in [1.807, 2.05) is 19.1 Å². The van der Waals surface area contributed by atoms with Crippen LogP contribution in [0, 0.1) is 6.92 Å². The molecule has 6 nitrogen and oxygen atoms in total. The highest BCUT2D eigenvalue weighted by Gasteiger charge is 2.07. The number of nitrogens with one attached hydrogen (secondary N) is 2. The second kappa shape index (κ2) is 9.39. The van der Waals surface area contributed by atoms with Crippen LogP contribution in [0.2, 0.25) is 0 Å². The molecule has 1 aromatic rings. The Morgan fingerprint density at radius 3 is 2.57 bits per heavy atom. The van der Waals surface area contributed by atoms with E-state index < -0.39 is 9.84 Å². The molecule has 0 atom stereocenters. The Labute approximate surface area is 139 Å². The van der Waals surface area contributed by atoms with Gasteiger partial charge in [-0.25, -0.2) is 8.42 Å². The first kappa shape index (κ1) is 19.3. The van der Waals surface area contributed by atoms with Gasteiger partial charge in [-0.1, -0.05) is 19.1 Å². The molecule has 0 aliphatic rings. The minimum atomic E-state index is -2.96. The maximum Gasteiger partial charge on any atom is 0.191 e. The first-order valence-corrected chi connectivity index (χ1v) is 9.52. The Hall–Kier alpha value is -1.76. The van der Waals surface area contributed by atoms with E-state index in [9.17, 15) is 8.42 Å². The molecule has 23 heavy (non-hydrogen) atoms. The Kier molecular flexibility index (Phi) is 7.88. The molecule has 0 spiro atoms. The van der Waals surface area contributed by atoms with Gasteiger partial charge in [0.15, 0.2) is 15.8 Å². The Morgan fingerprint density at radius 2 is 1.96 bits per heavy atom. The topological polar surface area (TPSA) is 79.8 Å². The van der Waals surface area contributed by atoms with Crippen molar-refractivity contribution < 1.29 is 13.2 Å². The molecule has 0 bridgehead atoms. The molecule has 0 fully saturated rings. The zero-order valence-electron chi connectivity index (χ0n) is 14.3. The number of sulfone groups is 1. The molecule has 0 saturated carbocycles. The third-order valence-electron chi connectivity index (χ3n) is 3.55. The second-order valence-electron chi connectivity index (χ2n) is 5.22. The Bertz CT molecular complexity index is 627. The van der Waals surface area contributed by atoms with Gasteiger partial charge in [0.25, 0.3) is 0 Å². The molecule has 0 heterocycles. The number of methoxy groups -OCH3 is 1. The molecule has 0 aromatic heterocycles. The average molecular weight is 341 g/mol. The van der Waals surface area contributed by atoms with Crippen molar-refractivity contribution in [2.75, 3.05) is 38.8 Å². The smallest absolute Gasteiger partial charge is 0.191 e. The molecule has 1 aromatic carbocycles. The minimum absolute atomic E-state index is 0.110. The number of aliphatic imine (C=N–C) groups is 1. The van der Waals surface area contributed by atoms with E-state index in [0.717, 1.165) is 17.7 Å². The maximum absolute atomic E-state index is 11.4. The molecule has 0 aliphatic carbocycles. The summed E-state index contributed by atoms with van der Waals surface area (Å²) in [7, 11) is 0.375. The molecule has 0 radical (unpaired) electrons. The number of ether oxygens (including phenoxy) is 1. The molecule has 0 saturated heterocycles. The number of rotatable bonds is 8. The van der Waals surface area contributed by atoms with Crippen molar-refractivity contribution in [1.82, 2.24) is 10.6 Å². The van der Waals surface area contributed by atoms with Crippen LogP contribution in [0.5, 0.6) is 5.75 Å². The van der Waals surface area contributed by atoms with Crippen LogP contribution in [0.15, 0.2) is 23.2 Å². The van der Waals surface area contributed by atoms with Gasteiger partial charge in [-0.05, 0) is 30.5 Å². The van der Waals surface area contributed by atoms with Gasteiger partial charge in [0.05, 0.1) is 12.9 Å². The van der Waals surface area contributed by atoms with E-state index in [4.69, 9.17) is 4.74 Å². The molecule has 7 heteroatoms. The van der Waals surface area contributed by atoms with Crippen molar-refractivity contribution in [2.45, 2.75) is 20.3 Å². The van der Waals surface area contributed by atoms with Crippen molar-refractivity contribution in [2.24, 2.45) is 4.99 Å². The second-order valence-corrected chi connectivity index (χ2v) is 7.69. The lowest BCUT2D eigenvalue weighted by Crippen LogP contribution is -2.40. The SMILES string of the molecule is CCS(=O)(=O)CCNC(=NC)NCCc1ccc(C)c(OC)c1. The largest absolute Gasteiger partial charge is 0.496 e. The van der Waals surface area contributed by atoms with Crippen LogP contribution in [0.25, 0.3) is 0 Å². The molecule has 130 valence electrons. The monoisotopic (exact) mass is 341 g/mol. The quantitative estimate of drug-likeness (QED) is 0.548. The summed E-state index contributed by atoms with van der Waals surface area (Å²) in [5, 5.41) is 6.19. The average Bonchev–Trinajstić information content (AvgIpc) is 2.54. The molecule has 1 rings (SSSR count). The van der Waals surface area contributed by atoms with Crippen LogP contribution in [0.4, 0.5) is 0 Å². The summed E-state index contributed by atoms with van der Waals surface area (Å²) in [5.41, 5.74) is 2.28. The highest BCUT2D eigenvalue weighted by molar-refractivity contribution is 7.91. The van der Waals surface area contributed by atoms with Crippen LogP contribution < -0.4 is 15.4 Å². The van der Waals surface area contributed by atoms with Crippen LogP contribution >= 0.6 is 0 Å². The third-order valence-corrected chi connectivity index (χ3v) is 5.25. The first-order chi connectivity index (χ1) is 10.9. The maximum atomic E-state index is 11.4. The van der Waals surface area contributed by atoms with Crippen LogP contribution in [0.1, 0.15) is 18.1 Å². The van der Waals surface area contributed by atoms with E-state index >= 15 is 0 Å². The highest BCUT2D eigenvalue weighted by atomic mass is 32.2. The zero-order chi connectivity index (χ0) is 17.3. The van der Waals surface area contributed by atoms with Gasteiger partial charge >= 0.3 is 0 Å². The van der Waals surface area contributed by atoms with Crippen molar-refractivity contribution in [3.05, 3.63) is 29.3 Å². The van der Waals surface area contributed by atoms with Crippen molar-refractivity contribution in [3.8, 4) is 5.75 Å². The molecular formula is C16H27N3O3S. The van der Waals surface area contributed by atoms with Gasteiger partial charge in [0, 0.05) is 25.9 Å². The Morgan fingerprint density at radius 1 is 1.26 bits per heavy atom. The fourth-order valence-electron chi connectivity index (χ4n) is 2.04. The zero-order valence-corrected chi connectivity index (χ0v) is 15.2. The van der Waals surface area contributed by atoms with Crippen molar-refractivity contribution >= 4 is 15.8 Å². The van der Waals surface area contributed by atoms with Crippen molar-refractivity contribution in [3.63, 3.8) is 0 Å². The first-order valence-electron chi connectivity index (χ1n) is 7.70. The summed E-state index contributed by atoms with van der Waals surface area (Å²) in [5.74, 6) is 1.76. The van der Waals surface area contributed by atoms with Gasteiger partial charge in [-0.3, -0.25) is 4.99 Å². The molecule has 2 N–H and O–H groups in total. The van der Waals surface area contributed by atoms with E-state index in [1.165, 1.54) is 5.56 Å². The number of aryl methyl sites for hydroxylation is 1. The number of hydrogen-bond acceptors (Lipinski definition) is 4. The standard InChI is InChI=1S/C16H27N3O3S/c1-5-23(20,21)11-10-19-16(17-3)18-9-8-14-7-6-13(2)15(12-14)22-4/h6-7,12H,5,8-11H2,1-4H3,(H2,17,18,19). The van der Waals surface area contributed by atoms with E-state index in [2.05, 4.69) is 21.7 Å². The summed E-state index contributed by atoms with van der Waals surface area (Å²) in [6.07, 6.45) is 0.824. The van der Waals surface area contributed by atoms with Gasteiger partial charge in [-0.15, -0.1) is 0 Å². The van der Waals surface area contributed by atoms with Crippen LogP contribution in [-0.4, -0.2) is 53.1 Å². The summed E-state index contributed by atoms with van der Waals surface area (Å²) >= 11 is 0. The lowest BCUT2D eigenvalue weighted by Gasteiger charge is -2.12. The fraction of sp³-hybridized carbons (Fsp3) is 0.562. The Balaban J connectivity index is 2.41. The number of nitrogens with zero attached hydrogens (tertiary/aromatic N) is 1. The summed E-state index contributed by atoms with van der Waals surface area (Å²) < 4.78 is 28.2. The van der Waals surface area contributed by atoms with Gasteiger partial charge < -0.3 is 15.4 Å². The lowest BCUT2D eigenvalue weighted by atomic mass is 10.1. The van der Waals surface area contributed by atoms with Gasteiger partial charge in [0.2, 0.25) is 0 Å². The minimum Gasteiger partial charge on any atom is -0.496 e. The van der Waals surface area contributed by atoms with E-state index in [1.54, 1.807) is 21.1 Å². The van der Waals surface area contributed by atoms with Crippen molar-refractivity contribution in [1.29, 1.82) is 0 Å². The fourth-order valence-corrected chi connectivity index (χ4v) is 2.74. The number of guanidine groups is 1. The summed E-state index contributed by atoms with van der Waals surface area (Å²) in [6, 6.07) is 6.14. The van der Waals surface area contributed by atoms with Gasteiger partial charge in [-0.2, -0.15) is 0 Å².